The normalized spacial score (nSPS) is 11.0. The number of hydrogen-bond donors (Lipinski definition) is 3. The van der Waals surface area contributed by atoms with Crippen LogP contribution in [0.15, 0.2) is 24.3 Å². The van der Waals surface area contributed by atoms with E-state index in [9.17, 15) is 13.6 Å². The van der Waals surface area contributed by atoms with E-state index in [1.807, 2.05) is 0 Å². The highest BCUT2D eigenvalue weighted by Gasteiger charge is 2.19. The molecule has 0 spiro atoms. The minimum Gasteiger partial charge on any atom is -0.478 e. The molecule has 6 nitrogen and oxygen atoms in total. The van der Waals surface area contributed by atoms with Crippen molar-refractivity contribution in [2.45, 2.75) is 0 Å². The number of nitrogens with two attached hydrogens (primary N) is 1. The second kappa shape index (κ2) is 4.51. The van der Waals surface area contributed by atoms with Gasteiger partial charge in [0.15, 0.2) is 17.3 Å². The van der Waals surface area contributed by atoms with Crippen molar-refractivity contribution in [2.24, 2.45) is 0 Å². The van der Waals surface area contributed by atoms with Crippen molar-refractivity contribution in [3.8, 4) is 11.4 Å². The van der Waals surface area contributed by atoms with Crippen molar-refractivity contribution in [3.63, 3.8) is 0 Å². The van der Waals surface area contributed by atoms with Gasteiger partial charge in [-0.05, 0) is 24.3 Å². The zero-order valence-corrected chi connectivity index (χ0v) is 10.4. The minimum atomic E-state index is -1.39. The molecule has 0 radical (unpaired) electrons. The van der Waals surface area contributed by atoms with E-state index in [4.69, 9.17) is 10.8 Å². The number of carbonyl (C=O) groups is 1. The molecule has 3 rings (SSSR count). The van der Waals surface area contributed by atoms with Crippen molar-refractivity contribution in [1.29, 1.82) is 0 Å². The number of pyridine rings is 1. The van der Waals surface area contributed by atoms with Crippen molar-refractivity contribution in [2.75, 3.05) is 5.73 Å². The zero-order valence-electron chi connectivity index (χ0n) is 10.4. The van der Waals surface area contributed by atoms with E-state index in [-0.39, 0.29) is 22.9 Å². The molecule has 2 heterocycles. The maximum absolute atomic E-state index is 13.4. The molecule has 106 valence electrons. The first kappa shape index (κ1) is 13.0. The van der Waals surface area contributed by atoms with E-state index in [1.165, 1.54) is 6.07 Å². The molecule has 0 unspecified atom stereocenters. The van der Waals surface area contributed by atoms with Crippen molar-refractivity contribution < 1.29 is 18.7 Å². The second-order valence-corrected chi connectivity index (χ2v) is 4.31. The number of hydrogen-bond acceptors (Lipinski definition) is 4. The predicted octanol–water partition coefficient (Wildman–Crippen LogP) is 2.18. The van der Waals surface area contributed by atoms with Gasteiger partial charge in [0.25, 0.3) is 0 Å². The Labute approximate surface area is 116 Å². The van der Waals surface area contributed by atoms with Gasteiger partial charge in [-0.15, -0.1) is 0 Å². The lowest BCUT2D eigenvalue weighted by molar-refractivity contribution is 0.0697. The molecular formula is C13H8F2N4O2. The number of nitrogens with zero attached hydrogens (tertiary/aromatic N) is 2. The van der Waals surface area contributed by atoms with Crippen LogP contribution in [0.1, 0.15) is 10.4 Å². The summed E-state index contributed by atoms with van der Waals surface area (Å²) in [5.74, 6) is -3.49. The molecule has 8 heteroatoms. The number of H-pyrrole nitrogens is 1. The molecular weight excluding hydrogens is 282 g/mol. The fraction of sp³-hybridized carbons (Fsp3) is 0. The van der Waals surface area contributed by atoms with Crippen LogP contribution in [0.4, 0.5) is 14.6 Å². The van der Waals surface area contributed by atoms with Crippen LogP contribution in [0.5, 0.6) is 0 Å². The van der Waals surface area contributed by atoms with Gasteiger partial charge in [-0.2, -0.15) is 0 Å². The van der Waals surface area contributed by atoms with Crippen LogP contribution in [-0.2, 0) is 0 Å². The highest BCUT2D eigenvalue weighted by atomic mass is 19.2. The first-order chi connectivity index (χ1) is 9.95. The minimum absolute atomic E-state index is 0.0689. The molecule has 0 fully saturated rings. The first-order valence-corrected chi connectivity index (χ1v) is 5.80. The number of aromatic carboxylic acids is 1. The molecule has 4 N–H and O–H groups in total. The number of rotatable bonds is 2. The number of nitrogen functional groups attached to an aromatic ring is 1. The van der Waals surface area contributed by atoms with E-state index in [2.05, 4.69) is 15.0 Å². The third-order valence-corrected chi connectivity index (χ3v) is 2.91. The summed E-state index contributed by atoms with van der Waals surface area (Å²) in [7, 11) is 0. The third kappa shape index (κ3) is 2.16. The van der Waals surface area contributed by atoms with Gasteiger partial charge in [0.05, 0.1) is 11.1 Å². The molecule has 0 saturated heterocycles. The van der Waals surface area contributed by atoms with Crippen LogP contribution in [0.3, 0.4) is 0 Å². The molecule has 0 atom stereocenters. The Morgan fingerprint density at radius 2 is 1.90 bits per heavy atom. The van der Waals surface area contributed by atoms with Crippen molar-refractivity contribution in [1.82, 2.24) is 15.0 Å². The van der Waals surface area contributed by atoms with Crippen LogP contribution in [0.2, 0.25) is 0 Å². The number of aromatic nitrogens is 3. The van der Waals surface area contributed by atoms with Gasteiger partial charge in [-0.1, -0.05) is 0 Å². The average Bonchev–Trinajstić information content (AvgIpc) is 2.83. The number of halogens is 2. The fourth-order valence-electron chi connectivity index (χ4n) is 1.95. The van der Waals surface area contributed by atoms with Gasteiger partial charge in [0.1, 0.15) is 11.6 Å². The summed E-state index contributed by atoms with van der Waals surface area (Å²) in [5, 5.41) is 9.09. The summed E-state index contributed by atoms with van der Waals surface area (Å²) >= 11 is 0. The Morgan fingerprint density at radius 3 is 2.62 bits per heavy atom. The topological polar surface area (TPSA) is 105 Å². The van der Waals surface area contributed by atoms with Gasteiger partial charge in [-0.25, -0.2) is 23.5 Å². The molecule has 0 bridgehead atoms. The van der Waals surface area contributed by atoms with Gasteiger partial charge in [-0.3, -0.25) is 0 Å². The van der Waals surface area contributed by atoms with Crippen LogP contribution in [0, 0.1) is 11.6 Å². The Balaban J connectivity index is 2.26. The predicted molar refractivity (Wildman–Crippen MR) is 70.6 cm³/mol. The molecule has 0 saturated carbocycles. The molecule has 1 aromatic carbocycles. The third-order valence-electron chi connectivity index (χ3n) is 2.91. The highest BCUT2D eigenvalue weighted by Crippen LogP contribution is 2.26. The van der Waals surface area contributed by atoms with Crippen molar-refractivity contribution in [3.05, 3.63) is 41.5 Å². The van der Waals surface area contributed by atoms with E-state index in [0.717, 1.165) is 6.07 Å². The number of nitrogens with one attached hydrogen (secondary N) is 1. The van der Waals surface area contributed by atoms with Crippen LogP contribution in [0.25, 0.3) is 22.6 Å². The zero-order chi connectivity index (χ0) is 15.1. The Morgan fingerprint density at radius 1 is 1.19 bits per heavy atom. The number of carboxylic acids is 1. The number of benzene rings is 1. The summed E-state index contributed by atoms with van der Waals surface area (Å²) in [4.78, 5) is 22.0. The number of carboxylic acid groups (broad SMARTS) is 1. The molecule has 21 heavy (non-hydrogen) atoms. The Hall–Kier alpha value is -3.03. The summed E-state index contributed by atoms with van der Waals surface area (Å²) < 4.78 is 26.6. The maximum Gasteiger partial charge on any atom is 0.336 e. The van der Waals surface area contributed by atoms with Crippen LogP contribution < -0.4 is 5.73 Å². The SMILES string of the molecule is Nc1ccc2[nH]c(-c3cc(F)c(F)cc3C(=O)O)nc2n1. The Kier molecular flexibility index (Phi) is 2.79. The summed E-state index contributed by atoms with van der Waals surface area (Å²) in [5.41, 5.74) is 5.81. The van der Waals surface area contributed by atoms with Gasteiger partial charge < -0.3 is 15.8 Å². The van der Waals surface area contributed by atoms with Gasteiger partial charge in [0, 0.05) is 5.56 Å². The van der Waals surface area contributed by atoms with E-state index < -0.39 is 23.2 Å². The van der Waals surface area contributed by atoms with E-state index >= 15 is 0 Å². The maximum atomic E-state index is 13.4. The molecule has 0 aliphatic rings. The number of imidazole rings is 1. The highest BCUT2D eigenvalue weighted by molar-refractivity contribution is 5.95. The number of aromatic amines is 1. The van der Waals surface area contributed by atoms with Crippen molar-refractivity contribution >= 4 is 23.0 Å². The fourth-order valence-corrected chi connectivity index (χ4v) is 1.95. The lowest BCUT2D eigenvalue weighted by Crippen LogP contribution is -2.03. The first-order valence-electron chi connectivity index (χ1n) is 5.80. The monoisotopic (exact) mass is 290 g/mol. The largest absolute Gasteiger partial charge is 0.478 e. The molecule has 0 aliphatic carbocycles. The van der Waals surface area contributed by atoms with Crippen LogP contribution in [-0.4, -0.2) is 26.0 Å². The summed E-state index contributed by atoms with van der Waals surface area (Å²) in [6, 6.07) is 4.53. The van der Waals surface area contributed by atoms with E-state index in [0.29, 0.717) is 11.6 Å². The lowest BCUT2D eigenvalue weighted by Gasteiger charge is -2.04. The summed E-state index contributed by atoms with van der Waals surface area (Å²) in [6.07, 6.45) is 0. The molecule has 0 amide bonds. The molecule has 0 aliphatic heterocycles. The molecule has 3 aromatic rings. The average molecular weight is 290 g/mol. The standard InChI is InChI=1S/C13H8F2N4O2/c14-7-3-5(6(13(20)21)4-8(7)15)11-17-9-1-2-10(16)18-12(9)19-11/h1-4H,(H,20,21)(H3,16,17,18,19). The number of anilines is 1. The molecule has 2 aromatic heterocycles. The quantitative estimate of drug-likeness (QED) is 0.671. The lowest BCUT2D eigenvalue weighted by atomic mass is 10.1. The van der Waals surface area contributed by atoms with Gasteiger partial charge >= 0.3 is 5.97 Å². The summed E-state index contributed by atoms with van der Waals surface area (Å²) in [6.45, 7) is 0. The van der Waals surface area contributed by atoms with Crippen LogP contribution >= 0.6 is 0 Å². The number of fused-ring (bicyclic) bond motifs is 1. The van der Waals surface area contributed by atoms with E-state index in [1.54, 1.807) is 6.07 Å². The van der Waals surface area contributed by atoms with Gasteiger partial charge in [0.2, 0.25) is 0 Å². The smallest absolute Gasteiger partial charge is 0.336 e. The second-order valence-electron chi connectivity index (χ2n) is 4.31. The Bertz CT molecular complexity index is 876.